The van der Waals surface area contributed by atoms with Crippen molar-refractivity contribution in [2.24, 2.45) is 0 Å². The fourth-order valence-corrected chi connectivity index (χ4v) is 4.03. The van der Waals surface area contributed by atoms with E-state index in [1.807, 2.05) is 14.0 Å². The van der Waals surface area contributed by atoms with Gasteiger partial charge in [-0.1, -0.05) is 12.1 Å². The van der Waals surface area contributed by atoms with Crippen molar-refractivity contribution in [2.45, 2.75) is 17.9 Å². The summed E-state index contributed by atoms with van der Waals surface area (Å²) in [6, 6.07) is 6.29. The number of hydrogen-bond donors (Lipinski definition) is 0. The summed E-state index contributed by atoms with van der Waals surface area (Å²) < 4.78 is 31.7. The molecule has 0 bridgehead atoms. The van der Waals surface area contributed by atoms with Gasteiger partial charge in [-0.2, -0.15) is 4.31 Å². The summed E-state index contributed by atoms with van der Waals surface area (Å²) in [6.45, 7) is 3.47. The molecule has 1 aromatic rings. The summed E-state index contributed by atoms with van der Waals surface area (Å²) in [7, 11) is -0.489. The first-order valence-corrected chi connectivity index (χ1v) is 8.19. The Kier molecular flexibility index (Phi) is 4.65. The van der Waals surface area contributed by atoms with Crippen molar-refractivity contribution in [1.29, 1.82) is 0 Å². The van der Waals surface area contributed by atoms with Crippen molar-refractivity contribution in [1.82, 2.24) is 9.21 Å². The number of likely N-dealkylation sites (N-methyl/N-ethyl adjacent to an activating group) is 1. The summed E-state index contributed by atoms with van der Waals surface area (Å²) in [5.74, 6) is -0.642. The third kappa shape index (κ3) is 3.09. The average molecular weight is 312 g/mol. The zero-order valence-electron chi connectivity index (χ0n) is 12.4. The van der Waals surface area contributed by atoms with Gasteiger partial charge in [-0.05, 0) is 26.1 Å². The molecule has 0 aromatic heterocycles. The summed E-state index contributed by atoms with van der Waals surface area (Å²) in [6.07, 6.45) is 0. The van der Waals surface area contributed by atoms with Crippen LogP contribution in [0.5, 0.6) is 0 Å². The number of sulfonamides is 1. The number of nitrogens with zero attached hydrogens (tertiary/aromatic N) is 2. The second-order valence-electron chi connectivity index (χ2n) is 5.18. The highest BCUT2D eigenvalue weighted by molar-refractivity contribution is 7.89. The van der Waals surface area contributed by atoms with E-state index in [9.17, 15) is 13.2 Å². The van der Waals surface area contributed by atoms with E-state index in [1.54, 1.807) is 12.1 Å². The molecule has 2 rings (SSSR count). The number of piperazine rings is 1. The van der Waals surface area contributed by atoms with Crippen molar-refractivity contribution in [3.63, 3.8) is 0 Å². The first-order valence-electron chi connectivity index (χ1n) is 6.75. The number of benzene rings is 1. The molecular formula is C14H20N2O4S. The number of hydrogen-bond acceptors (Lipinski definition) is 5. The van der Waals surface area contributed by atoms with Gasteiger partial charge in [0.15, 0.2) is 0 Å². The van der Waals surface area contributed by atoms with Crippen LogP contribution in [-0.4, -0.2) is 63.4 Å². The fraction of sp³-hybridized carbons (Fsp3) is 0.500. The first-order chi connectivity index (χ1) is 9.87. The fourth-order valence-electron chi connectivity index (χ4n) is 2.34. The van der Waals surface area contributed by atoms with Gasteiger partial charge in [0.2, 0.25) is 10.0 Å². The number of carbonyl (C=O) groups is 1. The molecule has 0 amide bonds. The van der Waals surface area contributed by atoms with Gasteiger partial charge in [0.05, 0.1) is 17.6 Å². The van der Waals surface area contributed by atoms with Crippen LogP contribution in [0, 0.1) is 0 Å². The van der Waals surface area contributed by atoms with Crippen LogP contribution in [0.25, 0.3) is 0 Å². The largest absolute Gasteiger partial charge is 0.465 e. The number of rotatable bonds is 3. The lowest BCUT2D eigenvalue weighted by Gasteiger charge is -2.37. The van der Waals surface area contributed by atoms with Crippen LogP contribution in [-0.2, 0) is 14.8 Å². The van der Waals surface area contributed by atoms with Gasteiger partial charge >= 0.3 is 5.97 Å². The zero-order chi connectivity index (χ0) is 15.6. The SMILES string of the molecule is COC(=O)c1ccccc1S(=O)(=O)N1CCN(C)C(C)C1. The third-order valence-electron chi connectivity index (χ3n) is 3.83. The molecule has 0 saturated carbocycles. The van der Waals surface area contributed by atoms with Crippen molar-refractivity contribution >= 4 is 16.0 Å². The van der Waals surface area contributed by atoms with Gasteiger partial charge in [0, 0.05) is 25.7 Å². The maximum Gasteiger partial charge on any atom is 0.339 e. The highest BCUT2D eigenvalue weighted by Gasteiger charge is 2.33. The van der Waals surface area contributed by atoms with Crippen LogP contribution in [0.2, 0.25) is 0 Å². The van der Waals surface area contributed by atoms with Crippen LogP contribution in [0.4, 0.5) is 0 Å². The molecule has 0 spiro atoms. The highest BCUT2D eigenvalue weighted by atomic mass is 32.2. The lowest BCUT2D eigenvalue weighted by molar-refractivity contribution is 0.0596. The molecule has 0 aliphatic carbocycles. The van der Waals surface area contributed by atoms with E-state index in [4.69, 9.17) is 0 Å². The second-order valence-corrected chi connectivity index (χ2v) is 7.09. The normalized spacial score (nSPS) is 21.2. The molecule has 0 N–H and O–H groups in total. The van der Waals surface area contributed by atoms with E-state index < -0.39 is 16.0 Å². The van der Waals surface area contributed by atoms with E-state index in [2.05, 4.69) is 9.64 Å². The Balaban J connectivity index is 2.39. The molecule has 1 aromatic carbocycles. The lowest BCUT2D eigenvalue weighted by Crippen LogP contribution is -2.52. The van der Waals surface area contributed by atoms with Crippen molar-refractivity contribution in [3.05, 3.63) is 29.8 Å². The number of esters is 1. The molecule has 0 radical (unpaired) electrons. The Morgan fingerprint density at radius 2 is 1.95 bits per heavy atom. The van der Waals surface area contributed by atoms with Gasteiger partial charge in [0.25, 0.3) is 0 Å². The average Bonchev–Trinajstić information content (AvgIpc) is 2.49. The molecule has 21 heavy (non-hydrogen) atoms. The first kappa shape index (κ1) is 15.9. The van der Waals surface area contributed by atoms with Gasteiger partial charge in [-0.25, -0.2) is 13.2 Å². The Morgan fingerprint density at radius 1 is 1.29 bits per heavy atom. The number of carbonyl (C=O) groups excluding carboxylic acids is 1. The van der Waals surface area contributed by atoms with Crippen molar-refractivity contribution < 1.29 is 17.9 Å². The Morgan fingerprint density at radius 3 is 2.57 bits per heavy atom. The lowest BCUT2D eigenvalue weighted by atomic mass is 10.2. The summed E-state index contributed by atoms with van der Waals surface area (Å²) in [5.41, 5.74) is 0.0755. The Hall–Kier alpha value is -1.44. The smallest absolute Gasteiger partial charge is 0.339 e. The van der Waals surface area contributed by atoms with Crippen LogP contribution in [0.15, 0.2) is 29.2 Å². The Labute approximate surface area is 125 Å². The maximum absolute atomic E-state index is 12.8. The molecule has 1 aliphatic rings. The van der Waals surface area contributed by atoms with Gasteiger partial charge < -0.3 is 9.64 Å². The topological polar surface area (TPSA) is 66.9 Å². The van der Waals surface area contributed by atoms with Gasteiger partial charge in [0.1, 0.15) is 0 Å². The molecule has 6 nitrogen and oxygen atoms in total. The van der Waals surface area contributed by atoms with Crippen LogP contribution in [0.3, 0.4) is 0 Å². The summed E-state index contributed by atoms with van der Waals surface area (Å²) >= 11 is 0. The molecular weight excluding hydrogens is 292 g/mol. The number of methoxy groups -OCH3 is 1. The summed E-state index contributed by atoms with van der Waals surface area (Å²) in [4.78, 5) is 13.9. The minimum Gasteiger partial charge on any atom is -0.465 e. The van der Waals surface area contributed by atoms with E-state index in [0.29, 0.717) is 19.6 Å². The van der Waals surface area contributed by atoms with Crippen LogP contribution in [0.1, 0.15) is 17.3 Å². The van der Waals surface area contributed by atoms with Crippen molar-refractivity contribution in [2.75, 3.05) is 33.8 Å². The van der Waals surface area contributed by atoms with Crippen LogP contribution < -0.4 is 0 Å². The number of ether oxygens (including phenoxy) is 1. The molecule has 1 fully saturated rings. The highest BCUT2D eigenvalue weighted by Crippen LogP contribution is 2.23. The minimum atomic E-state index is -3.70. The monoisotopic (exact) mass is 312 g/mol. The molecule has 1 heterocycles. The quantitative estimate of drug-likeness (QED) is 0.772. The molecule has 1 aliphatic heterocycles. The van der Waals surface area contributed by atoms with E-state index in [0.717, 1.165) is 0 Å². The standard InChI is InChI=1S/C14H20N2O4S/c1-11-10-16(9-8-15(11)2)21(18,19)13-7-5-4-6-12(13)14(17)20-3/h4-7,11H,8-10H2,1-3H3. The summed E-state index contributed by atoms with van der Waals surface area (Å²) in [5, 5.41) is 0. The van der Waals surface area contributed by atoms with Crippen LogP contribution >= 0.6 is 0 Å². The van der Waals surface area contributed by atoms with Gasteiger partial charge in [-0.15, -0.1) is 0 Å². The molecule has 1 saturated heterocycles. The Bertz CT molecular complexity index is 630. The molecule has 7 heteroatoms. The molecule has 1 unspecified atom stereocenters. The second kappa shape index (κ2) is 6.13. The maximum atomic E-state index is 12.8. The third-order valence-corrected chi connectivity index (χ3v) is 5.76. The van der Waals surface area contributed by atoms with E-state index >= 15 is 0 Å². The predicted octanol–water partition coefficient (Wildman–Crippen LogP) is 0.798. The molecule has 116 valence electrons. The molecule has 1 atom stereocenters. The zero-order valence-corrected chi connectivity index (χ0v) is 13.3. The predicted molar refractivity (Wildman–Crippen MR) is 78.6 cm³/mol. The van der Waals surface area contributed by atoms with E-state index in [-0.39, 0.29) is 16.5 Å². The van der Waals surface area contributed by atoms with Crippen molar-refractivity contribution in [3.8, 4) is 0 Å². The van der Waals surface area contributed by atoms with Gasteiger partial charge in [-0.3, -0.25) is 0 Å². The van der Waals surface area contributed by atoms with E-state index in [1.165, 1.54) is 23.5 Å². The minimum absolute atomic E-state index is 0.00797.